The SMILES string of the molecule is CC.CC.CC.CC.CC1c2cccc3cccc(c23)C1C.CCC(C)(C)C(=O)NCc1cc(C)cc(C)c1.CCC(C)(C)C(=O)Nc1ccccc1.CCC(C)(C)C(=O)OCCc1ccccc1.CCC(C)(C)C(=O)Oc1ccc2ccccc2c1.CO. The fourth-order valence-electron chi connectivity index (χ4n) is 8.30. The summed E-state index contributed by atoms with van der Waals surface area (Å²) in [5.74, 6) is 1.88. The topological polar surface area (TPSA) is 131 Å². The zero-order chi connectivity index (χ0) is 68.6. The molecule has 0 aliphatic heterocycles. The van der Waals surface area contributed by atoms with E-state index in [0.29, 0.717) is 30.7 Å². The first-order valence-electron chi connectivity index (χ1n) is 32.9. The van der Waals surface area contributed by atoms with Crippen LogP contribution in [-0.2, 0) is 36.9 Å². The number of esters is 2. The molecule has 0 aromatic heterocycles. The monoisotopic (exact) mass is 1220 g/mol. The summed E-state index contributed by atoms with van der Waals surface area (Å²) in [7, 11) is 1.00. The normalized spacial score (nSPS) is 12.4. The van der Waals surface area contributed by atoms with Crippen LogP contribution in [0.2, 0.25) is 0 Å². The molecule has 0 saturated heterocycles. The number of ether oxygens (including phenoxy) is 2. The van der Waals surface area contributed by atoms with Crippen LogP contribution in [0.5, 0.6) is 5.75 Å². The van der Waals surface area contributed by atoms with Crippen molar-refractivity contribution in [2.75, 3.05) is 19.0 Å². The molecule has 7 aromatic carbocycles. The molecular weight excluding hydrogens is 1100 g/mol. The lowest BCUT2D eigenvalue weighted by atomic mass is 9.89. The number of hydrogen-bond acceptors (Lipinski definition) is 7. The van der Waals surface area contributed by atoms with Crippen LogP contribution >= 0.6 is 0 Å². The van der Waals surface area contributed by atoms with Gasteiger partial charge in [-0.05, 0) is 147 Å². The van der Waals surface area contributed by atoms with E-state index in [1.54, 1.807) is 0 Å². The molecule has 89 heavy (non-hydrogen) atoms. The molecule has 7 aromatic rings. The Morgan fingerprint density at radius 3 is 1.34 bits per heavy atom. The fourth-order valence-corrected chi connectivity index (χ4v) is 8.30. The third-order valence-electron chi connectivity index (χ3n) is 15.7. The van der Waals surface area contributed by atoms with E-state index in [9.17, 15) is 19.2 Å². The number of carbonyl (C=O) groups is 4. The van der Waals surface area contributed by atoms with Gasteiger partial charge in [0.1, 0.15) is 5.75 Å². The molecule has 9 nitrogen and oxygen atoms in total. The average Bonchev–Trinajstić information content (AvgIpc) is 1.64. The number of amides is 2. The molecule has 2 amide bonds. The van der Waals surface area contributed by atoms with E-state index in [1.165, 1.54) is 44.2 Å². The zero-order valence-corrected chi connectivity index (χ0v) is 60.0. The Bertz CT molecular complexity index is 3010. The van der Waals surface area contributed by atoms with Crippen LogP contribution < -0.4 is 15.4 Å². The van der Waals surface area contributed by atoms with Crippen LogP contribution in [0.25, 0.3) is 21.5 Å². The molecule has 0 heterocycles. The van der Waals surface area contributed by atoms with Crippen LogP contribution in [0, 0.1) is 35.5 Å². The van der Waals surface area contributed by atoms with Gasteiger partial charge >= 0.3 is 11.9 Å². The van der Waals surface area contributed by atoms with Gasteiger partial charge < -0.3 is 25.2 Å². The van der Waals surface area contributed by atoms with Crippen LogP contribution in [0.4, 0.5) is 5.69 Å². The largest absolute Gasteiger partial charge is 0.465 e. The Balaban J connectivity index is 0. The van der Waals surface area contributed by atoms with E-state index in [0.717, 1.165) is 55.7 Å². The number of nitrogens with one attached hydrogen (secondary N) is 2. The van der Waals surface area contributed by atoms with E-state index in [-0.39, 0.29) is 40.0 Å². The lowest BCUT2D eigenvalue weighted by Crippen LogP contribution is -2.36. The molecule has 1 aliphatic rings. The number of anilines is 1. The van der Waals surface area contributed by atoms with Crippen molar-refractivity contribution in [1.82, 2.24) is 5.32 Å². The molecule has 0 saturated carbocycles. The van der Waals surface area contributed by atoms with Gasteiger partial charge in [-0.15, -0.1) is 0 Å². The molecule has 0 spiro atoms. The smallest absolute Gasteiger partial charge is 0.316 e. The fraction of sp³-hybridized carbons (Fsp3) is 0.475. The first kappa shape index (κ1) is 84.0. The van der Waals surface area contributed by atoms with Gasteiger partial charge in [0.15, 0.2) is 0 Å². The Morgan fingerprint density at radius 2 is 0.865 bits per heavy atom. The van der Waals surface area contributed by atoms with Gasteiger partial charge in [-0.2, -0.15) is 0 Å². The van der Waals surface area contributed by atoms with Gasteiger partial charge in [0.05, 0.1) is 17.4 Å². The maximum absolute atomic E-state index is 12.0. The molecule has 0 radical (unpaired) electrons. The van der Waals surface area contributed by atoms with Gasteiger partial charge in [0, 0.05) is 36.6 Å². The van der Waals surface area contributed by atoms with Crippen molar-refractivity contribution in [3.05, 3.63) is 191 Å². The molecular formula is C80H120N2O7. The van der Waals surface area contributed by atoms with Crippen LogP contribution in [0.1, 0.15) is 223 Å². The minimum absolute atomic E-state index is 0.0752. The number of aliphatic hydroxyl groups is 1. The molecule has 0 fully saturated rings. The number of aryl methyl sites for hydroxylation is 2. The molecule has 2 atom stereocenters. The second-order valence-electron chi connectivity index (χ2n) is 23.6. The summed E-state index contributed by atoms with van der Waals surface area (Å²) in [6, 6.07) is 53.0. The van der Waals surface area contributed by atoms with Crippen LogP contribution in [-0.4, -0.2) is 42.6 Å². The van der Waals surface area contributed by atoms with E-state index in [4.69, 9.17) is 14.6 Å². The first-order valence-corrected chi connectivity index (χ1v) is 32.9. The molecule has 0 bridgehead atoms. The molecule has 492 valence electrons. The van der Waals surface area contributed by atoms with Crippen molar-refractivity contribution >= 4 is 51.0 Å². The number of aliphatic hydroxyl groups excluding tert-OH is 1. The quantitative estimate of drug-likeness (QED) is 0.0688. The average molecular weight is 1220 g/mol. The van der Waals surface area contributed by atoms with Gasteiger partial charge in [0.2, 0.25) is 11.8 Å². The number of carbonyl (C=O) groups excluding carboxylic acids is 4. The standard InChI is InChI=1S/C16H18O2.C15H23NO.C14H20O2.C14H14.C12H17NO.4C2H6.CH4O/c1-4-16(2,3)15(17)18-14-10-9-12-7-5-6-8-13(12)11-14;1-6-15(4,5)14(17)16-10-13-8-11(2)7-12(3)9-13;1-4-14(2,3)13(15)16-11-10-12-8-6-5-7-9-12;1-9-10(2)13-8-4-6-11-5-3-7-12(9)14(11)13;1-4-12(2,3)11(14)13-10-8-6-5-7-9-10;5*1-2/h5-11H,4H2,1-3H3;7-9H,6,10H2,1-5H3,(H,16,17);5-9H,4,10-11H2,1-3H3;3-10H,1-2H3;5-9H,4H2,1-3H3,(H,13,14);4*1-2H3;2H,1H3. The highest BCUT2D eigenvalue weighted by Crippen LogP contribution is 2.46. The van der Waals surface area contributed by atoms with E-state index < -0.39 is 5.41 Å². The summed E-state index contributed by atoms with van der Waals surface area (Å²) < 4.78 is 10.7. The van der Waals surface area contributed by atoms with E-state index >= 15 is 0 Å². The van der Waals surface area contributed by atoms with Crippen molar-refractivity contribution in [2.24, 2.45) is 21.7 Å². The number of benzene rings is 7. The van der Waals surface area contributed by atoms with Gasteiger partial charge in [-0.25, -0.2) is 0 Å². The van der Waals surface area contributed by atoms with E-state index in [1.807, 2.05) is 242 Å². The lowest BCUT2D eigenvalue weighted by molar-refractivity contribution is -0.154. The highest BCUT2D eigenvalue weighted by molar-refractivity contribution is 5.95. The van der Waals surface area contributed by atoms with Gasteiger partial charge in [-0.1, -0.05) is 269 Å². The third-order valence-corrected chi connectivity index (χ3v) is 15.7. The number of hydrogen-bond donors (Lipinski definition) is 3. The summed E-state index contributed by atoms with van der Waals surface area (Å²) in [4.78, 5) is 47.3. The number of fused-ring (bicyclic) bond motifs is 1. The maximum atomic E-state index is 12.0. The van der Waals surface area contributed by atoms with E-state index in [2.05, 4.69) is 92.9 Å². The number of rotatable bonds is 15. The predicted molar refractivity (Wildman–Crippen MR) is 384 cm³/mol. The van der Waals surface area contributed by atoms with Crippen molar-refractivity contribution < 1.29 is 33.8 Å². The molecule has 3 N–H and O–H groups in total. The van der Waals surface area contributed by atoms with Crippen LogP contribution in [0.3, 0.4) is 0 Å². The molecule has 8 rings (SSSR count). The summed E-state index contributed by atoms with van der Waals surface area (Å²) in [5.41, 5.74) is 7.40. The number of para-hydroxylation sites is 1. The second kappa shape index (κ2) is 44.4. The Morgan fingerprint density at radius 1 is 0.449 bits per heavy atom. The van der Waals surface area contributed by atoms with Crippen molar-refractivity contribution in [1.29, 1.82) is 0 Å². The first-order chi connectivity index (χ1) is 42.3. The molecule has 9 heteroatoms. The highest BCUT2D eigenvalue weighted by Gasteiger charge is 2.30. The van der Waals surface area contributed by atoms with Crippen molar-refractivity contribution in [2.45, 2.75) is 217 Å². The highest BCUT2D eigenvalue weighted by atomic mass is 16.5. The predicted octanol–water partition coefficient (Wildman–Crippen LogP) is 21.6. The summed E-state index contributed by atoms with van der Waals surface area (Å²) in [6.07, 6.45) is 4.04. The molecule has 1 aliphatic carbocycles. The summed E-state index contributed by atoms with van der Waals surface area (Å²) in [6.45, 7) is 49.4. The minimum atomic E-state index is -0.439. The summed E-state index contributed by atoms with van der Waals surface area (Å²) >= 11 is 0. The van der Waals surface area contributed by atoms with Crippen LogP contribution in [0.15, 0.2) is 158 Å². The Hall–Kier alpha value is -7.10. The summed E-state index contributed by atoms with van der Waals surface area (Å²) in [5, 5.41) is 18.0. The minimum Gasteiger partial charge on any atom is -0.465 e. The molecule has 2 unspecified atom stereocenters. The Labute approximate surface area is 541 Å². The van der Waals surface area contributed by atoms with Gasteiger partial charge in [0.25, 0.3) is 0 Å². The van der Waals surface area contributed by atoms with Crippen molar-refractivity contribution in [3.8, 4) is 5.75 Å². The Kier molecular flexibility index (Phi) is 41.9. The third kappa shape index (κ3) is 28.9. The van der Waals surface area contributed by atoms with Crippen molar-refractivity contribution in [3.63, 3.8) is 0 Å². The second-order valence-corrected chi connectivity index (χ2v) is 23.6. The lowest BCUT2D eigenvalue weighted by Gasteiger charge is -2.21. The zero-order valence-electron chi connectivity index (χ0n) is 60.0. The van der Waals surface area contributed by atoms with Gasteiger partial charge in [-0.3, -0.25) is 19.2 Å². The maximum Gasteiger partial charge on any atom is 0.316 e.